The second-order valence-electron chi connectivity index (χ2n) is 5.24. The van der Waals surface area contributed by atoms with E-state index in [1.54, 1.807) is 39.1 Å². The average Bonchev–Trinajstić information content (AvgIpc) is 2.85. The molecule has 5 nitrogen and oxygen atoms in total. The van der Waals surface area contributed by atoms with Gasteiger partial charge >= 0.3 is 5.97 Å². The molecule has 0 aliphatic heterocycles. The quantitative estimate of drug-likeness (QED) is 0.853. The molecule has 0 aromatic carbocycles. The molecule has 1 heterocycles. The number of carbonyl (C=O) groups is 2. The van der Waals surface area contributed by atoms with Crippen LogP contribution in [0.15, 0.2) is 18.3 Å². The van der Waals surface area contributed by atoms with Gasteiger partial charge in [-0.3, -0.25) is 14.6 Å². The van der Waals surface area contributed by atoms with Crippen molar-refractivity contribution in [3.8, 4) is 0 Å². The number of aromatic nitrogens is 1. The van der Waals surface area contributed by atoms with E-state index < -0.39 is 23.2 Å². The Morgan fingerprint density at radius 1 is 1.39 bits per heavy atom. The number of anilines is 1. The molecule has 5 heteroatoms. The molecule has 1 aliphatic carbocycles. The van der Waals surface area contributed by atoms with E-state index >= 15 is 0 Å². The van der Waals surface area contributed by atoms with E-state index in [0.29, 0.717) is 5.69 Å². The van der Waals surface area contributed by atoms with Crippen LogP contribution >= 0.6 is 0 Å². The van der Waals surface area contributed by atoms with E-state index in [1.165, 1.54) is 0 Å². The molecule has 2 rings (SSSR count). The summed E-state index contributed by atoms with van der Waals surface area (Å²) in [6.45, 7) is 5.39. The van der Waals surface area contributed by atoms with Crippen LogP contribution in [-0.2, 0) is 9.59 Å². The number of hydrogen-bond donors (Lipinski definition) is 2. The van der Waals surface area contributed by atoms with Gasteiger partial charge in [0, 0.05) is 6.20 Å². The van der Waals surface area contributed by atoms with E-state index in [0.717, 1.165) is 5.69 Å². The summed E-state index contributed by atoms with van der Waals surface area (Å²) in [5, 5.41) is 11.8. The average molecular weight is 248 g/mol. The molecular formula is C13H16N2O3. The summed E-state index contributed by atoms with van der Waals surface area (Å²) in [5.41, 5.74) is 0.872. The number of nitrogens with zero attached hydrogens (tertiary/aromatic N) is 1. The summed E-state index contributed by atoms with van der Waals surface area (Å²) in [5.74, 6) is -2.24. The first-order valence-electron chi connectivity index (χ1n) is 5.81. The molecule has 1 saturated carbocycles. The Hall–Kier alpha value is -1.91. The zero-order valence-electron chi connectivity index (χ0n) is 10.6. The largest absolute Gasteiger partial charge is 0.481 e. The lowest BCUT2D eigenvalue weighted by atomic mass is 10.1. The molecule has 1 aliphatic rings. The molecule has 2 N–H and O–H groups in total. The first-order chi connectivity index (χ1) is 8.35. The molecule has 18 heavy (non-hydrogen) atoms. The third-order valence-corrected chi connectivity index (χ3v) is 3.64. The van der Waals surface area contributed by atoms with Gasteiger partial charge in [0.15, 0.2) is 0 Å². The second kappa shape index (κ2) is 4.08. The summed E-state index contributed by atoms with van der Waals surface area (Å²) >= 11 is 0. The molecule has 0 saturated heterocycles. The molecule has 0 unspecified atom stereocenters. The van der Waals surface area contributed by atoms with Crippen molar-refractivity contribution in [3.63, 3.8) is 0 Å². The van der Waals surface area contributed by atoms with Gasteiger partial charge in [-0.05, 0) is 24.5 Å². The van der Waals surface area contributed by atoms with Crippen LogP contribution in [0.4, 0.5) is 5.69 Å². The van der Waals surface area contributed by atoms with Crippen molar-refractivity contribution in [2.24, 2.45) is 17.3 Å². The fourth-order valence-corrected chi connectivity index (χ4v) is 2.41. The highest BCUT2D eigenvalue weighted by Crippen LogP contribution is 2.58. The molecule has 0 bridgehead atoms. The third kappa shape index (κ3) is 1.96. The number of aryl methyl sites for hydroxylation is 1. The van der Waals surface area contributed by atoms with E-state index in [2.05, 4.69) is 10.3 Å². The minimum absolute atomic E-state index is 0.247. The van der Waals surface area contributed by atoms with E-state index in [1.807, 2.05) is 0 Å². The van der Waals surface area contributed by atoms with Crippen LogP contribution in [-0.4, -0.2) is 22.0 Å². The SMILES string of the molecule is Cc1ncccc1NC(=O)[C@H]1[C@@H](C(=O)O)C1(C)C. The van der Waals surface area contributed by atoms with Gasteiger partial charge in [-0.2, -0.15) is 0 Å². The lowest BCUT2D eigenvalue weighted by Gasteiger charge is -2.07. The first-order valence-corrected chi connectivity index (χ1v) is 5.81. The Morgan fingerprint density at radius 2 is 2.06 bits per heavy atom. The Kier molecular flexibility index (Phi) is 2.84. The van der Waals surface area contributed by atoms with Crippen molar-refractivity contribution in [1.29, 1.82) is 0 Å². The Morgan fingerprint density at radius 3 is 2.56 bits per heavy atom. The second-order valence-corrected chi connectivity index (χ2v) is 5.24. The van der Waals surface area contributed by atoms with E-state index in [9.17, 15) is 9.59 Å². The van der Waals surface area contributed by atoms with Crippen molar-refractivity contribution in [3.05, 3.63) is 24.0 Å². The molecule has 1 fully saturated rings. The standard InChI is InChI=1S/C13H16N2O3/c1-7-8(5-4-6-14-7)15-11(16)9-10(12(17)18)13(9,2)3/h4-6,9-10H,1-3H3,(H,15,16)(H,17,18)/t9-,10+/m1/s1. The fourth-order valence-electron chi connectivity index (χ4n) is 2.41. The number of carboxylic acid groups (broad SMARTS) is 1. The van der Waals surface area contributed by atoms with Gasteiger partial charge in [0.1, 0.15) is 0 Å². The lowest BCUT2D eigenvalue weighted by molar-refractivity contribution is -0.140. The fraction of sp³-hybridized carbons (Fsp3) is 0.462. The minimum Gasteiger partial charge on any atom is -0.481 e. The number of hydrogen-bond acceptors (Lipinski definition) is 3. The van der Waals surface area contributed by atoms with Gasteiger partial charge in [0.2, 0.25) is 5.91 Å². The van der Waals surface area contributed by atoms with Crippen molar-refractivity contribution in [1.82, 2.24) is 4.98 Å². The van der Waals surface area contributed by atoms with Crippen LogP contribution in [0.25, 0.3) is 0 Å². The van der Waals surface area contributed by atoms with E-state index in [-0.39, 0.29) is 5.91 Å². The van der Waals surface area contributed by atoms with Gasteiger partial charge in [0.25, 0.3) is 0 Å². The van der Waals surface area contributed by atoms with Crippen LogP contribution in [0.3, 0.4) is 0 Å². The monoisotopic (exact) mass is 248 g/mol. The van der Waals surface area contributed by atoms with Crippen LogP contribution < -0.4 is 5.32 Å². The normalized spacial score (nSPS) is 24.4. The Balaban J connectivity index is 2.11. The highest BCUT2D eigenvalue weighted by Gasteiger charge is 2.65. The van der Waals surface area contributed by atoms with Crippen molar-refractivity contribution in [2.45, 2.75) is 20.8 Å². The highest BCUT2D eigenvalue weighted by molar-refractivity contribution is 5.99. The van der Waals surface area contributed by atoms with Crippen molar-refractivity contribution >= 4 is 17.6 Å². The maximum absolute atomic E-state index is 12.1. The van der Waals surface area contributed by atoms with Gasteiger partial charge in [0.05, 0.1) is 23.2 Å². The van der Waals surface area contributed by atoms with Gasteiger partial charge in [-0.15, -0.1) is 0 Å². The Bertz CT molecular complexity index is 511. The molecule has 1 aromatic rings. The highest BCUT2D eigenvalue weighted by atomic mass is 16.4. The number of aliphatic carboxylic acids is 1. The van der Waals surface area contributed by atoms with Crippen molar-refractivity contribution < 1.29 is 14.7 Å². The number of pyridine rings is 1. The number of carbonyl (C=O) groups excluding carboxylic acids is 1. The zero-order valence-corrected chi connectivity index (χ0v) is 10.6. The Labute approximate surface area is 105 Å². The minimum atomic E-state index is -0.914. The number of rotatable bonds is 3. The molecule has 0 radical (unpaired) electrons. The summed E-state index contributed by atoms with van der Waals surface area (Å²) < 4.78 is 0. The predicted octanol–water partition coefficient (Wildman–Crippen LogP) is 1.69. The topological polar surface area (TPSA) is 79.3 Å². The van der Waals surface area contributed by atoms with Crippen LogP contribution in [0.5, 0.6) is 0 Å². The van der Waals surface area contributed by atoms with Gasteiger partial charge in [-0.1, -0.05) is 13.8 Å². The molecule has 2 atom stereocenters. The van der Waals surface area contributed by atoms with Gasteiger partial charge in [-0.25, -0.2) is 0 Å². The third-order valence-electron chi connectivity index (χ3n) is 3.64. The zero-order chi connectivity index (χ0) is 13.5. The molecule has 1 aromatic heterocycles. The summed E-state index contributed by atoms with van der Waals surface area (Å²) in [6, 6.07) is 3.49. The molecule has 96 valence electrons. The van der Waals surface area contributed by atoms with Crippen LogP contribution in [0.2, 0.25) is 0 Å². The van der Waals surface area contributed by atoms with Crippen LogP contribution in [0, 0.1) is 24.2 Å². The predicted molar refractivity (Wildman–Crippen MR) is 66.0 cm³/mol. The summed E-state index contributed by atoms with van der Waals surface area (Å²) in [6.07, 6.45) is 1.64. The van der Waals surface area contributed by atoms with Crippen LogP contribution in [0.1, 0.15) is 19.5 Å². The molecule has 0 spiro atoms. The first kappa shape index (κ1) is 12.5. The van der Waals surface area contributed by atoms with Gasteiger partial charge < -0.3 is 10.4 Å². The molecular weight excluding hydrogens is 232 g/mol. The number of nitrogens with one attached hydrogen (secondary N) is 1. The summed E-state index contributed by atoms with van der Waals surface area (Å²) in [7, 11) is 0. The maximum Gasteiger partial charge on any atom is 0.307 e. The summed E-state index contributed by atoms with van der Waals surface area (Å²) in [4.78, 5) is 27.1. The number of amides is 1. The maximum atomic E-state index is 12.1. The smallest absolute Gasteiger partial charge is 0.307 e. The van der Waals surface area contributed by atoms with Crippen molar-refractivity contribution in [2.75, 3.05) is 5.32 Å². The van der Waals surface area contributed by atoms with E-state index in [4.69, 9.17) is 5.11 Å². The number of carboxylic acids is 1. The lowest BCUT2D eigenvalue weighted by Crippen LogP contribution is -2.18. The molecule has 1 amide bonds.